The Kier molecular flexibility index (Phi) is 7.14. The predicted molar refractivity (Wildman–Crippen MR) is 139 cm³/mol. The molecule has 0 unspecified atom stereocenters. The number of morpholine rings is 1. The van der Waals surface area contributed by atoms with Crippen molar-refractivity contribution in [3.8, 4) is 23.4 Å². The highest BCUT2D eigenvalue weighted by molar-refractivity contribution is 5.89. The average Bonchev–Trinajstić information content (AvgIpc) is 2.96. The van der Waals surface area contributed by atoms with Gasteiger partial charge in [-0.1, -0.05) is 0 Å². The molecule has 0 bridgehead atoms. The maximum atomic E-state index is 10.0. The molecule has 10 nitrogen and oxygen atoms in total. The topological polar surface area (TPSA) is 115 Å². The molecule has 0 atom stereocenters. The Morgan fingerprint density at radius 3 is 2.59 bits per heavy atom. The van der Waals surface area contributed by atoms with Gasteiger partial charge < -0.3 is 29.2 Å². The van der Waals surface area contributed by atoms with Crippen molar-refractivity contribution in [3.05, 3.63) is 66.0 Å². The van der Waals surface area contributed by atoms with Crippen molar-refractivity contribution >= 4 is 28.2 Å². The molecule has 0 amide bonds. The molecule has 4 aromatic rings. The van der Waals surface area contributed by atoms with Gasteiger partial charge in [0.05, 0.1) is 44.8 Å². The minimum Gasteiger partial charge on any atom is -0.493 e. The van der Waals surface area contributed by atoms with Crippen molar-refractivity contribution in [1.29, 1.82) is 5.26 Å². The maximum Gasteiger partial charge on any atom is 0.212 e. The van der Waals surface area contributed by atoms with E-state index in [1.54, 1.807) is 32.7 Å². The molecular weight excluding hydrogens is 472 g/mol. The zero-order chi connectivity index (χ0) is 25.6. The van der Waals surface area contributed by atoms with E-state index in [9.17, 15) is 5.26 Å². The average molecular weight is 499 g/mol. The van der Waals surface area contributed by atoms with Gasteiger partial charge >= 0.3 is 0 Å². The number of hydrogen-bond acceptors (Lipinski definition) is 10. The lowest BCUT2D eigenvalue weighted by Gasteiger charge is -2.27. The molecule has 37 heavy (non-hydrogen) atoms. The Labute approximate surface area is 214 Å². The van der Waals surface area contributed by atoms with Gasteiger partial charge in [0.1, 0.15) is 29.6 Å². The Bertz CT molecular complexity index is 1430. The molecule has 1 N–H and O–H groups in total. The third-order valence-electron chi connectivity index (χ3n) is 5.99. The summed E-state index contributed by atoms with van der Waals surface area (Å²) in [6.45, 7) is 3.09. The van der Waals surface area contributed by atoms with Crippen LogP contribution in [0.15, 0.2) is 54.9 Å². The van der Waals surface area contributed by atoms with Crippen molar-refractivity contribution in [1.82, 2.24) is 15.0 Å². The molecule has 1 fully saturated rings. The van der Waals surface area contributed by atoms with Gasteiger partial charge in [0.25, 0.3) is 0 Å². The predicted octanol–water partition coefficient (Wildman–Crippen LogP) is 4.07. The van der Waals surface area contributed by atoms with Crippen LogP contribution in [0.2, 0.25) is 0 Å². The number of rotatable bonds is 8. The smallest absolute Gasteiger partial charge is 0.212 e. The molecule has 0 saturated carbocycles. The lowest BCUT2D eigenvalue weighted by Crippen LogP contribution is -2.36. The van der Waals surface area contributed by atoms with Crippen molar-refractivity contribution in [2.24, 2.45) is 0 Å². The maximum absolute atomic E-state index is 10.0. The van der Waals surface area contributed by atoms with E-state index in [-0.39, 0.29) is 0 Å². The van der Waals surface area contributed by atoms with Crippen LogP contribution in [0.1, 0.15) is 11.1 Å². The standard InChI is InChI=1S/C27H26N6O4/c1-34-24-13-19(4-7-23(24)37-17-18-3-8-26(35-2)30-15-18)31-21-5-6-22-27(20(21)14-28)32-25(16-29-22)33-9-11-36-12-10-33/h3-8,13,15-16,31H,9-12,17H2,1-2H3. The summed E-state index contributed by atoms with van der Waals surface area (Å²) < 4.78 is 22.0. The molecule has 2 aromatic carbocycles. The second-order valence-electron chi connectivity index (χ2n) is 8.28. The van der Waals surface area contributed by atoms with Crippen LogP contribution in [0.4, 0.5) is 17.2 Å². The fourth-order valence-corrected chi connectivity index (χ4v) is 4.03. The third-order valence-corrected chi connectivity index (χ3v) is 5.99. The van der Waals surface area contributed by atoms with Gasteiger partial charge in [0.15, 0.2) is 11.5 Å². The molecule has 2 aromatic heterocycles. The van der Waals surface area contributed by atoms with Crippen molar-refractivity contribution < 1.29 is 18.9 Å². The summed E-state index contributed by atoms with van der Waals surface area (Å²) in [5, 5.41) is 13.3. The van der Waals surface area contributed by atoms with Crippen LogP contribution in [0.25, 0.3) is 11.0 Å². The summed E-state index contributed by atoms with van der Waals surface area (Å²) in [5.41, 5.74) is 3.90. The number of nitriles is 1. The summed E-state index contributed by atoms with van der Waals surface area (Å²) in [5.74, 6) is 2.43. The lowest BCUT2D eigenvalue weighted by atomic mass is 10.1. The van der Waals surface area contributed by atoms with Gasteiger partial charge in [-0.2, -0.15) is 5.26 Å². The van der Waals surface area contributed by atoms with Crippen LogP contribution in [-0.2, 0) is 11.3 Å². The molecule has 3 heterocycles. The van der Waals surface area contributed by atoms with Gasteiger partial charge in [-0.25, -0.2) is 9.97 Å². The van der Waals surface area contributed by atoms with E-state index in [1.807, 2.05) is 36.4 Å². The number of aromatic nitrogens is 3. The van der Waals surface area contributed by atoms with Crippen LogP contribution in [0.5, 0.6) is 17.4 Å². The summed E-state index contributed by atoms with van der Waals surface area (Å²) in [6, 6.07) is 15.2. The van der Waals surface area contributed by atoms with E-state index in [1.165, 1.54) is 0 Å². The summed E-state index contributed by atoms with van der Waals surface area (Å²) in [7, 11) is 3.16. The Morgan fingerprint density at radius 2 is 1.86 bits per heavy atom. The Balaban J connectivity index is 1.37. The fraction of sp³-hybridized carbons (Fsp3) is 0.259. The summed E-state index contributed by atoms with van der Waals surface area (Å²) >= 11 is 0. The molecule has 0 aliphatic carbocycles. The van der Waals surface area contributed by atoms with Crippen LogP contribution >= 0.6 is 0 Å². The minimum atomic E-state index is 0.327. The third kappa shape index (κ3) is 5.32. The first-order valence-electron chi connectivity index (χ1n) is 11.8. The number of hydrogen-bond donors (Lipinski definition) is 1. The van der Waals surface area contributed by atoms with E-state index in [2.05, 4.69) is 26.3 Å². The molecule has 5 rings (SSSR count). The fourth-order valence-electron chi connectivity index (χ4n) is 4.03. The van der Waals surface area contributed by atoms with Gasteiger partial charge in [0.2, 0.25) is 5.88 Å². The quantitative estimate of drug-likeness (QED) is 0.381. The van der Waals surface area contributed by atoms with Crippen molar-refractivity contribution in [3.63, 3.8) is 0 Å². The number of nitrogens with zero attached hydrogens (tertiary/aromatic N) is 5. The highest BCUT2D eigenvalue weighted by Crippen LogP contribution is 2.34. The molecule has 0 spiro atoms. The number of fused-ring (bicyclic) bond motifs is 1. The van der Waals surface area contributed by atoms with Crippen LogP contribution < -0.4 is 24.4 Å². The highest BCUT2D eigenvalue weighted by Gasteiger charge is 2.17. The van der Waals surface area contributed by atoms with Gasteiger partial charge in [-0.15, -0.1) is 0 Å². The van der Waals surface area contributed by atoms with E-state index in [0.717, 1.165) is 30.2 Å². The lowest BCUT2D eigenvalue weighted by molar-refractivity contribution is 0.122. The van der Waals surface area contributed by atoms with Crippen molar-refractivity contribution in [2.45, 2.75) is 6.61 Å². The first-order chi connectivity index (χ1) is 18.2. The second kappa shape index (κ2) is 11.0. The zero-order valence-corrected chi connectivity index (χ0v) is 20.6. The number of ether oxygens (including phenoxy) is 4. The number of benzene rings is 2. The molecule has 0 radical (unpaired) electrons. The SMILES string of the molecule is COc1ccc(COc2ccc(Nc3ccc4ncc(N5CCOCC5)nc4c3C#N)cc2OC)cn1. The molecule has 1 aliphatic rings. The zero-order valence-electron chi connectivity index (χ0n) is 20.6. The van der Waals surface area contributed by atoms with Crippen molar-refractivity contribution in [2.75, 3.05) is 50.7 Å². The largest absolute Gasteiger partial charge is 0.493 e. The summed E-state index contributed by atoms with van der Waals surface area (Å²) in [6.07, 6.45) is 3.45. The first-order valence-corrected chi connectivity index (χ1v) is 11.8. The molecule has 1 aliphatic heterocycles. The first kappa shape index (κ1) is 24.1. The molecule has 1 saturated heterocycles. The molecular formula is C27H26N6O4. The number of pyridine rings is 1. The molecule has 188 valence electrons. The molecule has 10 heteroatoms. The van der Waals surface area contributed by atoms with E-state index in [4.69, 9.17) is 23.9 Å². The van der Waals surface area contributed by atoms with E-state index < -0.39 is 0 Å². The number of anilines is 3. The Hall–Kier alpha value is -4.62. The van der Waals surface area contributed by atoms with Gasteiger partial charge in [-0.05, 0) is 30.3 Å². The second-order valence-corrected chi connectivity index (χ2v) is 8.28. The monoisotopic (exact) mass is 498 g/mol. The number of methoxy groups -OCH3 is 2. The van der Waals surface area contributed by atoms with Crippen LogP contribution in [0.3, 0.4) is 0 Å². The van der Waals surface area contributed by atoms with E-state index >= 15 is 0 Å². The van der Waals surface area contributed by atoms with Gasteiger partial charge in [-0.3, -0.25) is 4.98 Å². The van der Waals surface area contributed by atoms with Gasteiger partial charge in [0, 0.05) is 42.7 Å². The Morgan fingerprint density at radius 1 is 1.00 bits per heavy atom. The summed E-state index contributed by atoms with van der Waals surface area (Å²) in [4.78, 5) is 15.6. The van der Waals surface area contributed by atoms with Crippen LogP contribution in [0, 0.1) is 11.3 Å². The minimum absolute atomic E-state index is 0.327. The number of nitrogens with one attached hydrogen (secondary N) is 1. The highest BCUT2D eigenvalue weighted by atomic mass is 16.5. The normalized spacial score (nSPS) is 13.2. The van der Waals surface area contributed by atoms with Crippen LogP contribution in [-0.4, -0.2) is 55.5 Å². The van der Waals surface area contributed by atoms with E-state index in [0.29, 0.717) is 59.5 Å².